The molecule has 6 nitrogen and oxygen atoms in total. The van der Waals surface area contributed by atoms with E-state index in [0.717, 1.165) is 63.7 Å². The van der Waals surface area contributed by atoms with E-state index in [1.54, 1.807) is 6.07 Å². The van der Waals surface area contributed by atoms with E-state index >= 15 is 0 Å². The summed E-state index contributed by atoms with van der Waals surface area (Å²) in [6.45, 7) is 1.83. The molecule has 0 amide bonds. The van der Waals surface area contributed by atoms with Crippen LogP contribution in [0.15, 0.2) is 35.3 Å². The number of aromatic nitrogens is 2. The minimum atomic E-state index is -0.345. The Hall–Kier alpha value is -2.05. The van der Waals surface area contributed by atoms with Gasteiger partial charge in [0.15, 0.2) is 0 Å². The number of aliphatic hydroxyl groups excluding tert-OH is 1. The van der Waals surface area contributed by atoms with Crippen LogP contribution < -0.4 is 5.69 Å². The smallest absolute Gasteiger partial charge is 0.333 e. The molecule has 0 atom stereocenters. The van der Waals surface area contributed by atoms with Crippen LogP contribution in [0.5, 0.6) is 5.88 Å². The van der Waals surface area contributed by atoms with Gasteiger partial charge in [0.2, 0.25) is 5.88 Å². The fraction of sp³-hybridized carbons (Fsp3) is 0.526. The van der Waals surface area contributed by atoms with Crippen molar-refractivity contribution in [2.24, 2.45) is 0 Å². The number of ether oxygens (including phenoxy) is 1. The molecule has 25 heavy (non-hydrogen) atoms. The minimum absolute atomic E-state index is 0.0884. The summed E-state index contributed by atoms with van der Waals surface area (Å²) < 4.78 is 6.87. The lowest BCUT2D eigenvalue weighted by molar-refractivity contribution is 0.126. The Kier molecular flexibility index (Phi) is 8.28. The van der Waals surface area contributed by atoms with Gasteiger partial charge >= 0.3 is 5.69 Å². The zero-order valence-electron chi connectivity index (χ0n) is 14.6. The number of hydrogen-bond acceptors (Lipinski definition) is 4. The summed E-state index contributed by atoms with van der Waals surface area (Å²) in [6.07, 6.45) is 8.32. The van der Waals surface area contributed by atoms with E-state index in [2.05, 4.69) is 4.98 Å². The number of imidazole rings is 1. The summed E-state index contributed by atoms with van der Waals surface area (Å²) in [5.41, 5.74) is 1.46. The Balaban J connectivity index is 1.67. The van der Waals surface area contributed by atoms with E-state index in [9.17, 15) is 9.90 Å². The van der Waals surface area contributed by atoms with Crippen molar-refractivity contribution < 1.29 is 14.9 Å². The van der Waals surface area contributed by atoms with Crippen LogP contribution in [0.4, 0.5) is 0 Å². The number of nitrogens with one attached hydrogen (secondary N) is 1. The number of aryl methyl sites for hydroxylation is 1. The van der Waals surface area contributed by atoms with Crippen LogP contribution in [0.3, 0.4) is 0 Å². The number of H-pyrrole nitrogens is 1. The van der Waals surface area contributed by atoms with Gasteiger partial charge in [0.25, 0.3) is 0 Å². The van der Waals surface area contributed by atoms with Crippen LogP contribution in [0, 0.1) is 0 Å². The maximum atomic E-state index is 11.7. The molecular weight excluding hydrogens is 320 g/mol. The summed E-state index contributed by atoms with van der Waals surface area (Å²) in [5.74, 6) is -0.0884. The zero-order valence-corrected chi connectivity index (χ0v) is 14.6. The first kappa shape index (κ1) is 19.3. The predicted octanol–water partition coefficient (Wildman–Crippen LogP) is 2.76. The Bertz CT molecular complexity index is 678. The summed E-state index contributed by atoms with van der Waals surface area (Å²) in [6, 6.07) is 7.65. The molecule has 0 aliphatic carbocycles. The number of rotatable bonds is 12. The third-order valence-corrected chi connectivity index (χ3v) is 4.13. The number of aliphatic hydroxyl groups is 1. The molecule has 1 aromatic heterocycles. The van der Waals surface area contributed by atoms with Crippen LogP contribution in [-0.4, -0.2) is 39.6 Å². The van der Waals surface area contributed by atoms with Gasteiger partial charge in [-0.1, -0.05) is 25.0 Å². The first-order valence-electron chi connectivity index (χ1n) is 8.99. The summed E-state index contributed by atoms with van der Waals surface area (Å²) in [5, 5.41) is 18.4. The highest BCUT2D eigenvalue weighted by molar-refractivity contribution is 5.38. The molecule has 1 aromatic carbocycles. The van der Waals surface area contributed by atoms with Crippen molar-refractivity contribution in [1.82, 2.24) is 9.55 Å². The highest BCUT2D eigenvalue weighted by Crippen LogP contribution is 2.16. The third-order valence-electron chi connectivity index (χ3n) is 4.13. The number of nitrogens with zero attached hydrogens (tertiary/aromatic N) is 1. The predicted molar refractivity (Wildman–Crippen MR) is 97.4 cm³/mol. The van der Waals surface area contributed by atoms with Crippen LogP contribution in [0.1, 0.15) is 44.1 Å². The summed E-state index contributed by atoms with van der Waals surface area (Å²) in [4.78, 5) is 14.2. The van der Waals surface area contributed by atoms with Gasteiger partial charge in [-0.3, -0.25) is 0 Å². The Labute approximate surface area is 148 Å². The fourth-order valence-corrected chi connectivity index (χ4v) is 2.76. The van der Waals surface area contributed by atoms with Crippen LogP contribution in [-0.2, 0) is 11.2 Å². The highest BCUT2D eigenvalue weighted by Gasteiger charge is 2.07. The van der Waals surface area contributed by atoms with Gasteiger partial charge in [0.1, 0.15) is 0 Å². The fourth-order valence-electron chi connectivity index (χ4n) is 2.76. The molecule has 2 rings (SSSR count). The van der Waals surface area contributed by atoms with Crippen molar-refractivity contribution in [3.63, 3.8) is 0 Å². The number of benzene rings is 1. The topological polar surface area (TPSA) is 87.5 Å². The number of aromatic hydroxyl groups is 1. The molecule has 2 aromatic rings. The first-order valence-corrected chi connectivity index (χ1v) is 8.99. The van der Waals surface area contributed by atoms with Crippen LogP contribution >= 0.6 is 0 Å². The van der Waals surface area contributed by atoms with E-state index in [1.807, 2.05) is 18.2 Å². The van der Waals surface area contributed by atoms with Gasteiger partial charge in [-0.2, -0.15) is 0 Å². The average molecular weight is 348 g/mol. The van der Waals surface area contributed by atoms with Crippen molar-refractivity contribution >= 4 is 0 Å². The van der Waals surface area contributed by atoms with Gasteiger partial charge < -0.3 is 19.9 Å². The molecule has 6 heteroatoms. The standard InChI is InChI=1S/C19H28N2O4/c22-11-4-1-2-5-12-25-13-6-3-8-16-9-7-10-17(14-16)21-18(23)15-20-19(21)24/h7,9-10,14-15,22-23H,1-6,8,11-13H2,(H,20,24). The van der Waals surface area contributed by atoms with Crippen LogP contribution in [0.2, 0.25) is 0 Å². The molecule has 0 saturated heterocycles. The molecule has 0 radical (unpaired) electrons. The van der Waals surface area contributed by atoms with Crippen molar-refractivity contribution in [3.05, 3.63) is 46.5 Å². The molecule has 0 spiro atoms. The lowest BCUT2D eigenvalue weighted by Crippen LogP contribution is -2.14. The van der Waals surface area contributed by atoms with Gasteiger partial charge in [0.05, 0.1) is 11.9 Å². The van der Waals surface area contributed by atoms with Crippen LogP contribution in [0.25, 0.3) is 5.69 Å². The van der Waals surface area contributed by atoms with Gasteiger partial charge in [-0.15, -0.1) is 0 Å². The maximum absolute atomic E-state index is 11.7. The van der Waals surface area contributed by atoms with Crippen molar-refractivity contribution in [2.45, 2.75) is 44.9 Å². The first-order chi connectivity index (χ1) is 12.2. The Morgan fingerprint density at radius 2 is 1.80 bits per heavy atom. The van der Waals surface area contributed by atoms with E-state index < -0.39 is 0 Å². The summed E-state index contributed by atoms with van der Waals surface area (Å²) >= 11 is 0. The SMILES string of the molecule is O=c1[nH]cc(O)n1-c1cccc(CCCCOCCCCCCO)c1. The Morgan fingerprint density at radius 3 is 2.52 bits per heavy atom. The molecule has 0 bridgehead atoms. The van der Waals surface area contributed by atoms with Gasteiger partial charge in [0, 0.05) is 19.8 Å². The molecule has 138 valence electrons. The zero-order chi connectivity index (χ0) is 17.9. The monoisotopic (exact) mass is 348 g/mol. The Morgan fingerprint density at radius 1 is 1.04 bits per heavy atom. The minimum Gasteiger partial charge on any atom is -0.493 e. The van der Waals surface area contributed by atoms with Crippen molar-refractivity contribution in [2.75, 3.05) is 19.8 Å². The molecule has 0 fully saturated rings. The number of aromatic amines is 1. The second-order valence-electron chi connectivity index (χ2n) is 6.16. The van der Waals surface area contributed by atoms with Gasteiger partial charge in [-0.25, -0.2) is 9.36 Å². The van der Waals surface area contributed by atoms with E-state index in [1.165, 1.54) is 10.8 Å². The third kappa shape index (κ3) is 6.40. The van der Waals surface area contributed by atoms with E-state index in [0.29, 0.717) is 5.69 Å². The van der Waals surface area contributed by atoms with E-state index in [4.69, 9.17) is 9.84 Å². The number of unbranched alkanes of at least 4 members (excludes halogenated alkanes) is 4. The second-order valence-corrected chi connectivity index (χ2v) is 6.16. The molecule has 0 aliphatic heterocycles. The summed E-state index contributed by atoms with van der Waals surface area (Å²) in [7, 11) is 0. The van der Waals surface area contributed by atoms with Crippen molar-refractivity contribution in [3.8, 4) is 11.6 Å². The molecule has 0 saturated carbocycles. The lowest BCUT2D eigenvalue weighted by Gasteiger charge is -2.07. The molecule has 1 heterocycles. The molecule has 0 aliphatic rings. The largest absolute Gasteiger partial charge is 0.493 e. The highest BCUT2D eigenvalue weighted by atomic mass is 16.5. The molecule has 0 unspecified atom stereocenters. The number of hydrogen-bond donors (Lipinski definition) is 3. The van der Waals surface area contributed by atoms with E-state index in [-0.39, 0.29) is 18.2 Å². The molecule has 3 N–H and O–H groups in total. The quantitative estimate of drug-likeness (QED) is 0.515. The van der Waals surface area contributed by atoms with Crippen molar-refractivity contribution in [1.29, 1.82) is 0 Å². The maximum Gasteiger partial charge on any atom is 0.333 e. The second kappa shape index (κ2) is 10.7. The normalized spacial score (nSPS) is 11.1. The average Bonchev–Trinajstić information content (AvgIpc) is 2.95. The van der Waals surface area contributed by atoms with Gasteiger partial charge in [-0.05, 0) is 49.8 Å². The molecular formula is C19H28N2O4. The lowest BCUT2D eigenvalue weighted by atomic mass is 10.1.